The van der Waals surface area contributed by atoms with E-state index in [0.717, 1.165) is 19.5 Å². The average Bonchev–Trinajstić information content (AvgIpc) is 2.71. The molecule has 0 amide bonds. The first kappa shape index (κ1) is 11.6. The third-order valence-corrected chi connectivity index (χ3v) is 3.85. The van der Waals surface area contributed by atoms with Crippen LogP contribution < -0.4 is 5.73 Å². The highest BCUT2D eigenvalue weighted by molar-refractivity contribution is 5.15. The van der Waals surface area contributed by atoms with Crippen LogP contribution in [0, 0.1) is 5.41 Å². The van der Waals surface area contributed by atoms with Gasteiger partial charge in [-0.25, -0.2) is 0 Å². The predicted molar refractivity (Wildman–Crippen MR) is 68.4 cm³/mol. The Bertz CT molecular complexity index is 323. The fourth-order valence-corrected chi connectivity index (χ4v) is 2.69. The molecule has 1 saturated heterocycles. The van der Waals surface area contributed by atoms with Gasteiger partial charge in [-0.2, -0.15) is 0 Å². The highest BCUT2D eigenvalue weighted by Crippen LogP contribution is 2.33. The van der Waals surface area contributed by atoms with E-state index in [0.29, 0.717) is 5.41 Å². The van der Waals surface area contributed by atoms with E-state index in [1.54, 1.807) is 0 Å². The minimum absolute atomic E-state index is 0.366. The molecule has 2 N–H and O–H groups in total. The van der Waals surface area contributed by atoms with Gasteiger partial charge in [0.15, 0.2) is 0 Å². The maximum atomic E-state index is 5.97. The molecule has 1 aliphatic rings. The first-order valence-corrected chi connectivity index (χ1v) is 6.17. The maximum absolute atomic E-state index is 5.97. The molecule has 1 atom stereocenters. The Labute approximate surface area is 98.4 Å². The van der Waals surface area contributed by atoms with Gasteiger partial charge in [0.25, 0.3) is 0 Å². The van der Waals surface area contributed by atoms with Crippen molar-refractivity contribution >= 4 is 0 Å². The predicted octanol–water partition coefficient (Wildman–Crippen LogP) is 1.90. The standard InChI is InChI=1S/C14H22N2/c1-16-10-9-14(11-15,12-16)8-7-13-5-3-2-4-6-13/h2-6H,7-12,15H2,1H3. The van der Waals surface area contributed by atoms with E-state index >= 15 is 0 Å². The van der Waals surface area contributed by atoms with Gasteiger partial charge in [0, 0.05) is 6.54 Å². The van der Waals surface area contributed by atoms with Crippen LogP contribution in [0.15, 0.2) is 30.3 Å². The van der Waals surface area contributed by atoms with E-state index in [1.807, 2.05) is 0 Å². The van der Waals surface area contributed by atoms with E-state index in [4.69, 9.17) is 5.73 Å². The van der Waals surface area contributed by atoms with Crippen molar-refractivity contribution in [2.45, 2.75) is 19.3 Å². The molecule has 0 saturated carbocycles. The molecule has 0 spiro atoms. The topological polar surface area (TPSA) is 29.3 Å². The van der Waals surface area contributed by atoms with E-state index in [1.165, 1.54) is 24.9 Å². The van der Waals surface area contributed by atoms with E-state index in [-0.39, 0.29) is 0 Å². The number of hydrogen-bond donors (Lipinski definition) is 1. The molecule has 1 aromatic carbocycles. The van der Waals surface area contributed by atoms with Crippen molar-refractivity contribution in [3.05, 3.63) is 35.9 Å². The second-order valence-electron chi connectivity index (χ2n) is 5.18. The van der Waals surface area contributed by atoms with Crippen molar-refractivity contribution in [2.75, 3.05) is 26.7 Å². The number of nitrogens with zero attached hydrogens (tertiary/aromatic N) is 1. The van der Waals surface area contributed by atoms with Crippen molar-refractivity contribution in [3.8, 4) is 0 Å². The summed E-state index contributed by atoms with van der Waals surface area (Å²) in [5, 5.41) is 0. The number of benzene rings is 1. The lowest BCUT2D eigenvalue weighted by Crippen LogP contribution is -2.33. The van der Waals surface area contributed by atoms with Crippen molar-refractivity contribution < 1.29 is 0 Å². The summed E-state index contributed by atoms with van der Waals surface area (Å²) in [7, 11) is 2.19. The van der Waals surface area contributed by atoms with Crippen molar-refractivity contribution in [1.82, 2.24) is 4.90 Å². The first-order chi connectivity index (χ1) is 7.74. The number of rotatable bonds is 4. The summed E-state index contributed by atoms with van der Waals surface area (Å²) in [6.45, 7) is 3.19. The number of aryl methyl sites for hydroxylation is 1. The van der Waals surface area contributed by atoms with E-state index in [9.17, 15) is 0 Å². The second-order valence-corrected chi connectivity index (χ2v) is 5.18. The van der Waals surface area contributed by atoms with Gasteiger partial charge >= 0.3 is 0 Å². The van der Waals surface area contributed by atoms with Crippen molar-refractivity contribution in [3.63, 3.8) is 0 Å². The lowest BCUT2D eigenvalue weighted by molar-refractivity contribution is 0.270. The SMILES string of the molecule is CN1CCC(CN)(CCc2ccccc2)C1. The molecular weight excluding hydrogens is 196 g/mol. The van der Waals surface area contributed by atoms with Crippen LogP contribution in [-0.4, -0.2) is 31.6 Å². The lowest BCUT2D eigenvalue weighted by Gasteiger charge is -2.27. The zero-order chi connectivity index (χ0) is 11.4. The Hall–Kier alpha value is -0.860. The maximum Gasteiger partial charge on any atom is 0.00476 e. The number of likely N-dealkylation sites (tertiary alicyclic amines) is 1. The van der Waals surface area contributed by atoms with Crippen LogP contribution in [-0.2, 0) is 6.42 Å². The van der Waals surface area contributed by atoms with Gasteiger partial charge in [-0.3, -0.25) is 0 Å². The molecule has 1 aromatic rings. The molecule has 2 nitrogen and oxygen atoms in total. The molecule has 0 aromatic heterocycles. The Morgan fingerprint density at radius 3 is 2.62 bits per heavy atom. The molecule has 0 bridgehead atoms. The third-order valence-electron chi connectivity index (χ3n) is 3.85. The fourth-order valence-electron chi connectivity index (χ4n) is 2.69. The van der Waals surface area contributed by atoms with E-state index < -0.39 is 0 Å². The van der Waals surface area contributed by atoms with Gasteiger partial charge in [0.2, 0.25) is 0 Å². The molecule has 1 heterocycles. The minimum Gasteiger partial charge on any atom is -0.330 e. The molecule has 0 radical (unpaired) electrons. The van der Waals surface area contributed by atoms with Crippen LogP contribution in [0.25, 0.3) is 0 Å². The summed E-state index contributed by atoms with van der Waals surface area (Å²) in [5.74, 6) is 0. The zero-order valence-corrected chi connectivity index (χ0v) is 10.2. The zero-order valence-electron chi connectivity index (χ0n) is 10.2. The molecule has 1 fully saturated rings. The molecule has 2 rings (SSSR count). The summed E-state index contributed by atoms with van der Waals surface area (Å²) in [5.41, 5.74) is 7.77. The summed E-state index contributed by atoms with van der Waals surface area (Å²) in [6.07, 6.45) is 3.64. The molecule has 2 heteroatoms. The van der Waals surface area contributed by atoms with Gasteiger partial charge in [0.05, 0.1) is 0 Å². The van der Waals surface area contributed by atoms with Crippen LogP contribution in [0.2, 0.25) is 0 Å². The van der Waals surface area contributed by atoms with Crippen LogP contribution in [0.3, 0.4) is 0 Å². The number of hydrogen-bond acceptors (Lipinski definition) is 2. The molecule has 1 aliphatic heterocycles. The highest BCUT2D eigenvalue weighted by Gasteiger charge is 2.34. The Balaban J connectivity index is 1.93. The summed E-state index contributed by atoms with van der Waals surface area (Å²) in [4.78, 5) is 2.40. The smallest absolute Gasteiger partial charge is 0.00476 e. The van der Waals surface area contributed by atoms with Gasteiger partial charge in [-0.05, 0) is 50.4 Å². The van der Waals surface area contributed by atoms with Crippen LogP contribution in [0.5, 0.6) is 0 Å². The van der Waals surface area contributed by atoms with Gasteiger partial charge in [0.1, 0.15) is 0 Å². The quantitative estimate of drug-likeness (QED) is 0.836. The molecular formula is C14H22N2. The lowest BCUT2D eigenvalue weighted by atomic mass is 9.81. The monoisotopic (exact) mass is 218 g/mol. The van der Waals surface area contributed by atoms with Gasteiger partial charge < -0.3 is 10.6 Å². The summed E-state index contributed by atoms with van der Waals surface area (Å²) in [6, 6.07) is 10.7. The first-order valence-electron chi connectivity index (χ1n) is 6.17. The Morgan fingerprint density at radius 1 is 1.31 bits per heavy atom. The van der Waals surface area contributed by atoms with Gasteiger partial charge in [-0.15, -0.1) is 0 Å². The number of nitrogens with two attached hydrogens (primary N) is 1. The highest BCUT2D eigenvalue weighted by atomic mass is 15.1. The fraction of sp³-hybridized carbons (Fsp3) is 0.571. The Kier molecular flexibility index (Phi) is 3.62. The minimum atomic E-state index is 0.366. The van der Waals surface area contributed by atoms with Gasteiger partial charge in [-0.1, -0.05) is 30.3 Å². The molecule has 88 valence electrons. The van der Waals surface area contributed by atoms with Crippen LogP contribution in [0.1, 0.15) is 18.4 Å². The second kappa shape index (κ2) is 4.98. The largest absolute Gasteiger partial charge is 0.330 e. The molecule has 1 unspecified atom stereocenters. The molecule has 16 heavy (non-hydrogen) atoms. The molecule has 0 aliphatic carbocycles. The normalized spacial score (nSPS) is 26.1. The summed E-state index contributed by atoms with van der Waals surface area (Å²) >= 11 is 0. The van der Waals surface area contributed by atoms with Crippen molar-refractivity contribution in [1.29, 1.82) is 0 Å². The summed E-state index contributed by atoms with van der Waals surface area (Å²) < 4.78 is 0. The Morgan fingerprint density at radius 2 is 2.06 bits per heavy atom. The average molecular weight is 218 g/mol. The van der Waals surface area contributed by atoms with Crippen LogP contribution in [0.4, 0.5) is 0 Å². The van der Waals surface area contributed by atoms with Crippen molar-refractivity contribution in [2.24, 2.45) is 11.1 Å². The van der Waals surface area contributed by atoms with E-state index in [2.05, 4.69) is 42.3 Å². The third kappa shape index (κ3) is 2.63. The van der Waals surface area contributed by atoms with Crippen LogP contribution >= 0.6 is 0 Å².